The second kappa shape index (κ2) is 8.08. The van der Waals surface area contributed by atoms with Gasteiger partial charge < -0.3 is 10.2 Å². The van der Waals surface area contributed by atoms with Crippen LogP contribution >= 0.6 is 0 Å². The molecule has 1 atom stereocenters. The molecule has 1 fully saturated rings. The van der Waals surface area contributed by atoms with E-state index in [9.17, 15) is 13.2 Å². The first kappa shape index (κ1) is 19.4. The van der Waals surface area contributed by atoms with E-state index in [1.165, 1.54) is 5.56 Å². The maximum atomic E-state index is 12.5. The summed E-state index contributed by atoms with van der Waals surface area (Å²) in [6.07, 6.45) is 2.20. The summed E-state index contributed by atoms with van der Waals surface area (Å²) in [7, 11) is -2.98. The summed E-state index contributed by atoms with van der Waals surface area (Å²) in [5.74, 6) is 0.828. The van der Waals surface area contributed by atoms with Gasteiger partial charge in [0.25, 0.3) is 5.91 Å². The number of aryl methyl sites for hydroxylation is 1. The highest BCUT2D eigenvalue weighted by atomic mass is 32.2. The molecule has 6 nitrogen and oxygen atoms in total. The van der Waals surface area contributed by atoms with Crippen molar-refractivity contribution in [3.8, 4) is 0 Å². The van der Waals surface area contributed by atoms with Crippen molar-refractivity contribution in [2.45, 2.75) is 32.9 Å². The average Bonchev–Trinajstić information content (AvgIpc) is 3.01. The van der Waals surface area contributed by atoms with E-state index in [1.54, 1.807) is 18.3 Å². The Morgan fingerprint density at radius 3 is 2.63 bits per heavy atom. The van der Waals surface area contributed by atoms with Gasteiger partial charge in [0.1, 0.15) is 5.82 Å². The lowest BCUT2D eigenvalue weighted by atomic mass is 10.1. The molecule has 1 N–H and O–H groups in total. The van der Waals surface area contributed by atoms with Gasteiger partial charge in [0.05, 0.1) is 11.5 Å². The Morgan fingerprint density at radius 1 is 1.26 bits per heavy atom. The van der Waals surface area contributed by atoms with Crippen molar-refractivity contribution < 1.29 is 13.2 Å². The summed E-state index contributed by atoms with van der Waals surface area (Å²) in [4.78, 5) is 18.9. The molecule has 0 bridgehead atoms. The molecule has 0 saturated carbocycles. The van der Waals surface area contributed by atoms with Gasteiger partial charge in [-0.25, -0.2) is 13.4 Å². The smallest absolute Gasteiger partial charge is 0.251 e. The minimum atomic E-state index is -2.98. The number of pyridine rings is 1. The highest BCUT2D eigenvalue weighted by molar-refractivity contribution is 7.91. The zero-order valence-electron chi connectivity index (χ0n) is 15.7. The van der Waals surface area contributed by atoms with E-state index in [1.807, 2.05) is 43.0 Å². The van der Waals surface area contributed by atoms with Crippen LogP contribution in [0.2, 0.25) is 0 Å². The molecule has 144 valence electrons. The van der Waals surface area contributed by atoms with Crippen molar-refractivity contribution in [2.75, 3.05) is 23.0 Å². The van der Waals surface area contributed by atoms with Crippen LogP contribution in [0.4, 0.5) is 5.82 Å². The monoisotopic (exact) mass is 387 g/mol. The number of sulfone groups is 1. The van der Waals surface area contributed by atoms with Crippen molar-refractivity contribution in [1.29, 1.82) is 0 Å². The van der Waals surface area contributed by atoms with Gasteiger partial charge in [0, 0.05) is 30.9 Å². The standard InChI is InChI=1S/C20H25N3O3S/c1-3-23(18-9-11-27(25,26)14-18)19-12-17(8-10-21-19)20(24)22-13-16-6-4-15(2)5-7-16/h4-8,10,12,18H,3,9,11,13-14H2,1-2H3,(H,22,24). The Labute approximate surface area is 160 Å². The number of hydrogen-bond acceptors (Lipinski definition) is 5. The molecule has 1 aliphatic rings. The highest BCUT2D eigenvalue weighted by Gasteiger charge is 2.32. The number of carbonyl (C=O) groups is 1. The Morgan fingerprint density at radius 2 is 2.00 bits per heavy atom. The molecule has 1 aromatic heterocycles. The molecule has 1 unspecified atom stereocenters. The second-order valence-electron chi connectivity index (χ2n) is 6.91. The van der Waals surface area contributed by atoms with Gasteiger partial charge in [0.2, 0.25) is 0 Å². The Hall–Kier alpha value is -2.41. The van der Waals surface area contributed by atoms with Gasteiger partial charge in [-0.1, -0.05) is 29.8 Å². The number of hydrogen-bond donors (Lipinski definition) is 1. The predicted octanol–water partition coefficient (Wildman–Crippen LogP) is 2.33. The maximum Gasteiger partial charge on any atom is 0.251 e. The molecule has 1 aliphatic heterocycles. The molecular formula is C20H25N3O3S. The van der Waals surface area contributed by atoms with Crippen LogP contribution in [-0.2, 0) is 16.4 Å². The van der Waals surface area contributed by atoms with Crippen LogP contribution in [-0.4, -0.2) is 43.4 Å². The SMILES string of the molecule is CCN(c1cc(C(=O)NCc2ccc(C)cc2)ccn1)C1CCS(=O)(=O)C1. The van der Waals surface area contributed by atoms with Gasteiger partial charge in [-0.15, -0.1) is 0 Å². The third-order valence-electron chi connectivity index (χ3n) is 4.87. The largest absolute Gasteiger partial charge is 0.353 e. The van der Waals surface area contributed by atoms with Crippen LogP contribution in [0.5, 0.6) is 0 Å². The van der Waals surface area contributed by atoms with Crippen LogP contribution in [0.15, 0.2) is 42.6 Å². The molecule has 0 spiro atoms. The zero-order chi connectivity index (χ0) is 19.4. The number of nitrogens with one attached hydrogen (secondary N) is 1. The van der Waals surface area contributed by atoms with Gasteiger partial charge in [-0.05, 0) is 38.0 Å². The summed E-state index contributed by atoms with van der Waals surface area (Å²) in [6.45, 7) is 5.09. The van der Waals surface area contributed by atoms with Crippen molar-refractivity contribution in [3.05, 3.63) is 59.3 Å². The van der Waals surface area contributed by atoms with Crippen molar-refractivity contribution >= 4 is 21.6 Å². The van der Waals surface area contributed by atoms with Crippen LogP contribution in [0.3, 0.4) is 0 Å². The van der Waals surface area contributed by atoms with Crippen LogP contribution in [0, 0.1) is 6.92 Å². The number of nitrogens with zero attached hydrogens (tertiary/aromatic N) is 2. The number of benzene rings is 1. The molecule has 2 heterocycles. The van der Waals surface area contributed by atoms with E-state index < -0.39 is 9.84 Å². The van der Waals surface area contributed by atoms with E-state index in [4.69, 9.17) is 0 Å². The van der Waals surface area contributed by atoms with E-state index >= 15 is 0 Å². The Balaban J connectivity index is 1.70. The van der Waals surface area contributed by atoms with Crippen molar-refractivity contribution in [3.63, 3.8) is 0 Å². The second-order valence-corrected chi connectivity index (χ2v) is 9.14. The summed E-state index contributed by atoms with van der Waals surface area (Å²) in [5.41, 5.74) is 2.73. The van der Waals surface area contributed by atoms with E-state index in [2.05, 4.69) is 10.3 Å². The van der Waals surface area contributed by atoms with Crippen molar-refractivity contribution in [1.82, 2.24) is 10.3 Å². The van der Waals surface area contributed by atoms with E-state index in [-0.39, 0.29) is 23.5 Å². The number of rotatable bonds is 6. The minimum absolute atomic E-state index is 0.0848. The molecule has 27 heavy (non-hydrogen) atoms. The zero-order valence-corrected chi connectivity index (χ0v) is 16.5. The van der Waals surface area contributed by atoms with Gasteiger partial charge in [-0.3, -0.25) is 4.79 Å². The Bertz CT molecular complexity index is 910. The number of amides is 1. The first-order chi connectivity index (χ1) is 12.9. The van der Waals surface area contributed by atoms with Crippen LogP contribution in [0.25, 0.3) is 0 Å². The lowest BCUT2D eigenvalue weighted by Crippen LogP contribution is -2.37. The summed E-state index contributed by atoms with van der Waals surface area (Å²) >= 11 is 0. The molecule has 1 amide bonds. The van der Waals surface area contributed by atoms with Gasteiger partial charge >= 0.3 is 0 Å². The molecule has 7 heteroatoms. The first-order valence-electron chi connectivity index (χ1n) is 9.15. The summed E-state index contributed by atoms with van der Waals surface area (Å²) < 4.78 is 23.6. The fourth-order valence-electron chi connectivity index (χ4n) is 3.34. The first-order valence-corrected chi connectivity index (χ1v) is 11.0. The van der Waals surface area contributed by atoms with Gasteiger partial charge in [0.15, 0.2) is 9.84 Å². The molecule has 1 saturated heterocycles. The third kappa shape index (κ3) is 4.86. The highest BCUT2D eigenvalue weighted by Crippen LogP contribution is 2.23. The molecule has 2 aromatic rings. The third-order valence-corrected chi connectivity index (χ3v) is 6.62. The molecule has 1 aromatic carbocycles. The van der Waals surface area contributed by atoms with Crippen molar-refractivity contribution in [2.24, 2.45) is 0 Å². The summed E-state index contributed by atoms with van der Waals surface area (Å²) in [6, 6.07) is 11.3. The molecular weight excluding hydrogens is 362 g/mol. The maximum absolute atomic E-state index is 12.5. The minimum Gasteiger partial charge on any atom is -0.353 e. The number of anilines is 1. The summed E-state index contributed by atoms with van der Waals surface area (Å²) in [5, 5.41) is 2.92. The number of carbonyl (C=O) groups excluding carboxylic acids is 1. The van der Waals surface area contributed by atoms with Crippen LogP contribution < -0.4 is 10.2 Å². The normalized spacial score (nSPS) is 18.2. The quantitative estimate of drug-likeness (QED) is 0.823. The molecule has 0 radical (unpaired) electrons. The van der Waals surface area contributed by atoms with E-state index in [0.717, 1.165) is 5.56 Å². The fraction of sp³-hybridized carbons (Fsp3) is 0.400. The molecule has 0 aliphatic carbocycles. The van der Waals surface area contributed by atoms with E-state index in [0.29, 0.717) is 30.9 Å². The van der Waals surface area contributed by atoms with Gasteiger partial charge in [-0.2, -0.15) is 0 Å². The Kier molecular flexibility index (Phi) is 5.79. The number of aromatic nitrogens is 1. The lowest BCUT2D eigenvalue weighted by molar-refractivity contribution is 0.0951. The topological polar surface area (TPSA) is 79.4 Å². The predicted molar refractivity (Wildman–Crippen MR) is 107 cm³/mol. The lowest BCUT2D eigenvalue weighted by Gasteiger charge is -2.28. The van der Waals surface area contributed by atoms with Crippen LogP contribution in [0.1, 0.15) is 34.8 Å². The average molecular weight is 388 g/mol. The fourth-order valence-corrected chi connectivity index (χ4v) is 5.07. The molecule has 3 rings (SSSR count).